The van der Waals surface area contributed by atoms with Gasteiger partial charge in [-0.05, 0) is 38.3 Å². The van der Waals surface area contributed by atoms with E-state index in [4.69, 9.17) is 9.26 Å². The number of rotatable bonds is 5. The summed E-state index contributed by atoms with van der Waals surface area (Å²) in [6.07, 6.45) is 4.61. The maximum Gasteiger partial charge on any atom is 0.322 e. The molecule has 2 amide bonds. The van der Waals surface area contributed by atoms with Crippen molar-refractivity contribution in [2.75, 3.05) is 18.5 Å². The first-order chi connectivity index (χ1) is 12.2. The van der Waals surface area contributed by atoms with Crippen LogP contribution in [-0.4, -0.2) is 29.2 Å². The van der Waals surface area contributed by atoms with Crippen molar-refractivity contribution in [3.63, 3.8) is 0 Å². The summed E-state index contributed by atoms with van der Waals surface area (Å²) in [6.45, 7) is 6.59. The van der Waals surface area contributed by atoms with Gasteiger partial charge in [0.2, 0.25) is 0 Å². The van der Waals surface area contributed by atoms with Crippen LogP contribution in [0.5, 0.6) is 5.75 Å². The van der Waals surface area contributed by atoms with Crippen molar-refractivity contribution in [2.24, 2.45) is 0 Å². The molecule has 132 valence electrons. The van der Waals surface area contributed by atoms with Crippen LogP contribution in [0.2, 0.25) is 0 Å². The summed E-state index contributed by atoms with van der Waals surface area (Å²) >= 11 is 0. The van der Waals surface area contributed by atoms with Crippen molar-refractivity contribution in [1.29, 1.82) is 0 Å². The molecular weight excluding hydrogens is 318 g/mol. The third-order valence-electron chi connectivity index (χ3n) is 4.24. The Morgan fingerprint density at radius 3 is 3.08 bits per heavy atom. The number of benzene rings is 1. The second kappa shape index (κ2) is 7.88. The van der Waals surface area contributed by atoms with Gasteiger partial charge in [-0.3, -0.25) is 0 Å². The molecule has 1 aliphatic rings. The van der Waals surface area contributed by atoms with E-state index in [1.54, 1.807) is 6.08 Å². The maximum atomic E-state index is 12.9. The van der Waals surface area contributed by atoms with Gasteiger partial charge < -0.3 is 19.5 Å². The van der Waals surface area contributed by atoms with Crippen LogP contribution in [0, 0.1) is 6.92 Å². The molecule has 0 bridgehead atoms. The third-order valence-corrected chi connectivity index (χ3v) is 4.24. The van der Waals surface area contributed by atoms with E-state index in [0.717, 1.165) is 30.7 Å². The van der Waals surface area contributed by atoms with Crippen molar-refractivity contribution >= 4 is 11.7 Å². The van der Waals surface area contributed by atoms with E-state index in [-0.39, 0.29) is 12.1 Å². The van der Waals surface area contributed by atoms with Crippen molar-refractivity contribution < 1.29 is 14.1 Å². The van der Waals surface area contributed by atoms with E-state index in [1.165, 1.54) is 0 Å². The zero-order valence-corrected chi connectivity index (χ0v) is 14.4. The number of likely N-dealkylation sites (tertiary alicyclic amines) is 1. The minimum atomic E-state index is -0.153. The average molecular weight is 341 g/mol. The summed E-state index contributed by atoms with van der Waals surface area (Å²) in [5.41, 5.74) is 1.46. The van der Waals surface area contributed by atoms with Gasteiger partial charge >= 0.3 is 6.03 Å². The summed E-state index contributed by atoms with van der Waals surface area (Å²) in [7, 11) is 0. The number of carbonyl (C=O) groups is 1. The molecule has 6 heteroatoms. The maximum absolute atomic E-state index is 12.9. The number of piperidine rings is 1. The highest BCUT2D eigenvalue weighted by atomic mass is 16.5. The van der Waals surface area contributed by atoms with E-state index in [9.17, 15) is 4.79 Å². The first-order valence-corrected chi connectivity index (χ1v) is 8.52. The number of amides is 2. The molecular formula is C19H23N3O3. The van der Waals surface area contributed by atoms with Gasteiger partial charge in [-0.25, -0.2) is 4.79 Å². The Hall–Kier alpha value is -2.76. The van der Waals surface area contributed by atoms with Gasteiger partial charge in [0.05, 0.1) is 11.7 Å². The quantitative estimate of drug-likeness (QED) is 0.823. The number of hydrogen-bond acceptors (Lipinski definition) is 4. The molecule has 1 atom stereocenters. The van der Waals surface area contributed by atoms with Crippen LogP contribution in [0.1, 0.15) is 36.8 Å². The van der Waals surface area contributed by atoms with E-state index in [0.29, 0.717) is 24.6 Å². The summed E-state index contributed by atoms with van der Waals surface area (Å²) in [5, 5.41) is 7.07. The minimum absolute atomic E-state index is 0.0625. The molecule has 1 aliphatic heterocycles. The smallest absolute Gasteiger partial charge is 0.322 e. The van der Waals surface area contributed by atoms with Gasteiger partial charge in [-0.15, -0.1) is 0 Å². The SMILES string of the molecule is C=CCOc1ccccc1NC(=O)N1CCCC[C@H]1c1cc(C)on1. The lowest BCUT2D eigenvalue weighted by molar-refractivity contribution is 0.159. The zero-order valence-electron chi connectivity index (χ0n) is 14.4. The molecule has 2 heterocycles. The monoisotopic (exact) mass is 341 g/mol. The molecule has 3 rings (SSSR count). The fraction of sp³-hybridized carbons (Fsp3) is 0.368. The Morgan fingerprint density at radius 2 is 2.32 bits per heavy atom. The first-order valence-electron chi connectivity index (χ1n) is 8.52. The second-order valence-corrected chi connectivity index (χ2v) is 6.09. The fourth-order valence-corrected chi connectivity index (χ4v) is 3.06. The molecule has 0 spiro atoms. The number of nitrogens with zero attached hydrogens (tertiary/aromatic N) is 2. The highest BCUT2D eigenvalue weighted by Crippen LogP contribution is 2.32. The van der Waals surface area contributed by atoms with Gasteiger partial charge in [0.1, 0.15) is 23.8 Å². The van der Waals surface area contributed by atoms with Crippen LogP contribution in [0.25, 0.3) is 0 Å². The lowest BCUT2D eigenvalue weighted by Crippen LogP contribution is -2.41. The normalized spacial score (nSPS) is 17.2. The van der Waals surface area contributed by atoms with E-state index >= 15 is 0 Å². The minimum Gasteiger partial charge on any atom is -0.487 e. The summed E-state index contributed by atoms with van der Waals surface area (Å²) in [6, 6.07) is 9.08. The van der Waals surface area contributed by atoms with Crippen molar-refractivity contribution in [2.45, 2.75) is 32.2 Å². The van der Waals surface area contributed by atoms with Crippen LogP contribution in [0.4, 0.5) is 10.5 Å². The van der Waals surface area contributed by atoms with Crippen LogP contribution in [-0.2, 0) is 0 Å². The van der Waals surface area contributed by atoms with E-state index in [2.05, 4.69) is 17.1 Å². The Labute approximate surface area is 147 Å². The number of carbonyl (C=O) groups excluding carboxylic acids is 1. The molecule has 1 N–H and O–H groups in total. The molecule has 2 aromatic rings. The number of aryl methyl sites for hydroxylation is 1. The summed E-state index contributed by atoms with van der Waals surface area (Å²) < 4.78 is 10.8. The van der Waals surface area contributed by atoms with Crippen LogP contribution in [0.15, 0.2) is 47.5 Å². The second-order valence-electron chi connectivity index (χ2n) is 6.09. The highest BCUT2D eigenvalue weighted by Gasteiger charge is 2.30. The molecule has 1 fully saturated rings. The molecule has 6 nitrogen and oxygen atoms in total. The number of ether oxygens (including phenoxy) is 1. The molecule has 25 heavy (non-hydrogen) atoms. The average Bonchev–Trinajstić information content (AvgIpc) is 3.07. The molecule has 0 aliphatic carbocycles. The molecule has 0 saturated carbocycles. The first kappa shape index (κ1) is 17.1. The lowest BCUT2D eigenvalue weighted by Gasteiger charge is -2.34. The van der Waals surface area contributed by atoms with Crippen LogP contribution < -0.4 is 10.1 Å². The molecule has 1 saturated heterocycles. The van der Waals surface area contributed by atoms with E-state index in [1.807, 2.05) is 42.2 Å². The summed E-state index contributed by atoms with van der Waals surface area (Å²) in [5.74, 6) is 1.38. The Bertz CT molecular complexity index is 741. The number of aromatic nitrogens is 1. The predicted molar refractivity (Wildman–Crippen MR) is 95.7 cm³/mol. The lowest BCUT2D eigenvalue weighted by atomic mass is 9.99. The Morgan fingerprint density at radius 1 is 1.48 bits per heavy atom. The number of anilines is 1. The Balaban J connectivity index is 1.76. The molecule has 0 unspecified atom stereocenters. The van der Waals surface area contributed by atoms with Gasteiger partial charge in [-0.2, -0.15) is 0 Å². The van der Waals surface area contributed by atoms with Crippen LogP contribution >= 0.6 is 0 Å². The molecule has 1 aromatic carbocycles. The number of hydrogen-bond donors (Lipinski definition) is 1. The molecule has 0 radical (unpaired) electrons. The zero-order chi connectivity index (χ0) is 17.6. The van der Waals surface area contributed by atoms with Crippen LogP contribution in [0.3, 0.4) is 0 Å². The van der Waals surface area contributed by atoms with Gasteiger partial charge in [0, 0.05) is 12.6 Å². The van der Waals surface area contributed by atoms with Crippen molar-refractivity contribution in [1.82, 2.24) is 10.1 Å². The van der Waals surface area contributed by atoms with Gasteiger partial charge in [-0.1, -0.05) is 29.9 Å². The predicted octanol–water partition coefficient (Wildman–Crippen LogP) is 4.31. The Kier molecular flexibility index (Phi) is 5.38. The topological polar surface area (TPSA) is 67.6 Å². The van der Waals surface area contributed by atoms with Crippen molar-refractivity contribution in [3.8, 4) is 5.75 Å². The number of urea groups is 1. The molecule has 1 aromatic heterocycles. The van der Waals surface area contributed by atoms with Gasteiger partial charge in [0.15, 0.2) is 0 Å². The number of nitrogens with one attached hydrogen (secondary N) is 1. The van der Waals surface area contributed by atoms with E-state index < -0.39 is 0 Å². The third kappa shape index (κ3) is 4.02. The van der Waals surface area contributed by atoms with Crippen molar-refractivity contribution in [3.05, 3.63) is 54.4 Å². The van der Waals surface area contributed by atoms with Gasteiger partial charge in [0.25, 0.3) is 0 Å². The number of para-hydroxylation sites is 2. The largest absolute Gasteiger partial charge is 0.487 e. The fourth-order valence-electron chi connectivity index (χ4n) is 3.06. The summed E-state index contributed by atoms with van der Waals surface area (Å²) in [4.78, 5) is 14.7. The standard InChI is InChI=1S/C19H23N3O3/c1-3-12-24-18-10-5-4-8-15(18)20-19(23)22-11-7-6-9-17(22)16-13-14(2)25-21-16/h3-5,8,10,13,17H,1,6-7,9,11-12H2,2H3,(H,20,23)/t17-/m0/s1. The highest BCUT2D eigenvalue weighted by molar-refractivity contribution is 5.91.